The summed E-state index contributed by atoms with van der Waals surface area (Å²) in [7, 11) is -3.31. The number of hydrogen-bond acceptors (Lipinski definition) is 3. The molecule has 20 heavy (non-hydrogen) atoms. The second-order valence-electron chi connectivity index (χ2n) is 5.58. The molecule has 0 amide bonds. The van der Waals surface area contributed by atoms with Gasteiger partial charge in [-0.05, 0) is 42.5 Å². The Labute approximate surface area is 120 Å². The average Bonchev–Trinajstić information content (AvgIpc) is 2.47. The lowest BCUT2D eigenvalue weighted by atomic mass is 10.0. The van der Waals surface area contributed by atoms with Crippen LogP contribution in [0, 0.1) is 0 Å². The van der Waals surface area contributed by atoms with E-state index in [1.807, 2.05) is 18.2 Å². The number of nitrogens with two attached hydrogens (primary N) is 1. The van der Waals surface area contributed by atoms with Crippen LogP contribution in [0.15, 0.2) is 18.2 Å². The monoisotopic (exact) mass is 295 g/mol. The fourth-order valence-electron chi connectivity index (χ4n) is 3.01. The van der Waals surface area contributed by atoms with Gasteiger partial charge in [0.1, 0.15) is 0 Å². The van der Waals surface area contributed by atoms with Crippen LogP contribution in [0.3, 0.4) is 0 Å². The molecule has 0 aromatic heterocycles. The van der Waals surface area contributed by atoms with E-state index < -0.39 is 10.2 Å². The minimum absolute atomic E-state index is 0.444. The Morgan fingerprint density at radius 2 is 1.70 bits per heavy atom. The van der Waals surface area contributed by atoms with Crippen LogP contribution in [0.2, 0.25) is 0 Å². The first-order chi connectivity index (χ1) is 9.57. The van der Waals surface area contributed by atoms with Crippen molar-refractivity contribution >= 4 is 15.9 Å². The van der Waals surface area contributed by atoms with Crippen LogP contribution >= 0.6 is 0 Å². The van der Waals surface area contributed by atoms with Crippen LogP contribution in [0.4, 0.5) is 5.69 Å². The van der Waals surface area contributed by atoms with Gasteiger partial charge in [-0.15, -0.1) is 0 Å². The van der Waals surface area contributed by atoms with Crippen molar-refractivity contribution in [2.75, 3.05) is 25.4 Å². The Morgan fingerprint density at radius 1 is 0.950 bits per heavy atom. The first-order valence-electron chi connectivity index (χ1n) is 7.20. The van der Waals surface area contributed by atoms with Gasteiger partial charge in [0.25, 0.3) is 10.2 Å². The summed E-state index contributed by atoms with van der Waals surface area (Å²) in [6.45, 7) is 2.32. The minimum atomic E-state index is -3.31. The maximum atomic E-state index is 12.7. The molecular weight excluding hydrogens is 274 g/mol. The molecule has 1 aromatic rings. The number of anilines is 1. The largest absolute Gasteiger partial charge is 0.399 e. The topological polar surface area (TPSA) is 66.6 Å². The molecule has 0 radical (unpaired) electrons. The average molecular weight is 295 g/mol. The predicted molar refractivity (Wildman–Crippen MR) is 79.3 cm³/mol. The number of piperidine rings is 1. The van der Waals surface area contributed by atoms with Crippen molar-refractivity contribution in [3.05, 3.63) is 29.3 Å². The van der Waals surface area contributed by atoms with E-state index >= 15 is 0 Å². The van der Waals surface area contributed by atoms with Gasteiger partial charge in [-0.3, -0.25) is 0 Å². The van der Waals surface area contributed by atoms with E-state index in [0.717, 1.165) is 31.2 Å². The zero-order chi connectivity index (χ0) is 14.2. The Morgan fingerprint density at radius 3 is 2.45 bits per heavy atom. The fourth-order valence-corrected chi connectivity index (χ4v) is 4.68. The fraction of sp³-hybridized carbons (Fsp3) is 0.571. The van der Waals surface area contributed by atoms with Crippen LogP contribution in [0.5, 0.6) is 0 Å². The molecule has 0 saturated carbocycles. The second-order valence-corrected chi connectivity index (χ2v) is 7.51. The molecule has 0 atom stereocenters. The van der Waals surface area contributed by atoms with E-state index in [2.05, 4.69) is 0 Å². The highest BCUT2D eigenvalue weighted by molar-refractivity contribution is 7.86. The van der Waals surface area contributed by atoms with E-state index in [1.165, 1.54) is 5.56 Å². The van der Waals surface area contributed by atoms with Gasteiger partial charge < -0.3 is 5.73 Å². The molecule has 2 heterocycles. The third-order valence-corrected chi connectivity index (χ3v) is 6.16. The zero-order valence-electron chi connectivity index (χ0n) is 11.6. The first kappa shape index (κ1) is 13.9. The summed E-state index contributed by atoms with van der Waals surface area (Å²) in [5, 5.41) is 0. The van der Waals surface area contributed by atoms with Gasteiger partial charge in [-0.1, -0.05) is 12.5 Å². The van der Waals surface area contributed by atoms with Crippen LogP contribution in [0.1, 0.15) is 30.4 Å². The summed E-state index contributed by atoms with van der Waals surface area (Å²) in [5.41, 5.74) is 8.75. The number of hydrogen-bond donors (Lipinski definition) is 1. The van der Waals surface area contributed by atoms with Crippen LogP contribution in [-0.2, 0) is 23.2 Å². The smallest absolute Gasteiger partial charge is 0.282 e. The molecule has 2 aliphatic rings. The van der Waals surface area contributed by atoms with Crippen molar-refractivity contribution in [2.24, 2.45) is 0 Å². The predicted octanol–water partition coefficient (Wildman–Crippen LogP) is 1.36. The van der Waals surface area contributed by atoms with E-state index in [1.54, 1.807) is 8.61 Å². The van der Waals surface area contributed by atoms with Crippen LogP contribution in [-0.4, -0.2) is 36.7 Å². The molecule has 1 fully saturated rings. The van der Waals surface area contributed by atoms with Gasteiger partial charge >= 0.3 is 0 Å². The van der Waals surface area contributed by atoms with Crippen LogP contribution in [0.25, 0.3) is 0 Å². The highest BCUT2D eigenvalue weighted by Crippen LogP contribution is 2.25. The van der Waals surface area contributed by atoms with Gasteiger partial charge in [0, 0.05) is 31.9 Å². The third kappa shape index (κ3) is 2.55. The molecule has 0 unspecified atom stereocenters. The van der Waals surface area contributed by atoms with E-state index in [4.69, 9.17) is 5.73 Å². The van der Waals surface area contributed by atoms with Crippen molar-refractivity contribution in [3.8, 4) is 0 Å². The summed E-state index contributed by atoms with van der Waals surface area (Å²) in [6.07, 6.45) is 3.83. The normalized spacial score (nSPS) is 21.6. The van der Waals surface area contributed by atoms with Crippen molar-refractivity contribution in [1.82, 2.24) is 8.61 Å². The minimum Gasteiger partial charge on any atom is -0.399 e. The number of benzene rings is 1. The highest BCUT2D eigenvalue weighted by Gasteiger charge is 2.32. The van der Waals surface area contributed by atoms with Gasteiger partial charge in [0.05, 0.1) is 0 Å². The zero-order valence-corrected chi connectivity index (χ0v) is 12.4. The molecule has 5 nitrogen and oxygen atoms in total. The third-order valence-electron chi connectivity index (χ3n) is 4.18. The quantitative estimate of drug-likeness (QED) is 0.838. The number of nitrogen functional groups attached to an aromatic ring is 1. The summed E-state index contributed by atoms with van der Waals surface area (Å²) in [6, 6.07) is 5.79. The van der Waals surface area contributed by atoms with Gasteiger partial charge in [0.2, 0.25) is 0 Å². The van der Waals surface area contributed by atoms with Gasteiger partial charge in [0.15, 0.2) is 0 Å². The summed E-state index contributed by atoms with van der Waals surface area (Å²) >= 11 is 0. The number of fused-ring (bicyclic) bond motifs is 1. The molecule has 2 aliphatic heterocycles. The van der Waals surface area contributed by atoms with Crippen LogP contribution < -0.4 is 5.73 Å². The van der Waals surface area contributed by atoms with Crippen molar-refractivity contribution in [1.29, 1.82) is 0 Å². The molecule has 3 rings (SSSR count). The molecule has 1 saturated heterocycles. The molecule has 2 N–H and O–H groups in total. The number of nitrogens with zero attached hydrogens (tertiary/aromatic N) is 2. The van der Waals surface area contributed by atoms with Gasteiger partial charge in [-0.25, -0.2) is 0 Å². The summed E-state index contributed by atoms with van der Waals surface area (Å²) in [5.74, 6) is 0. The molecule has 0 bridgehead atoms. The lowest BCUT2D eigenvalue weighted by Crippen LogP contribution is -2.47. The summed E-state index contributed by atoms with van der Waals surface area (Å²) < 4.78 is 28.5. The molecule has 110 valence electrons. The van der Waals surface area contributed by atoms with Crippen molar-refractivity contribution < 1.29 is 8.42 Å². The molecular formula is C14H21N3O2S. The van der Waals surface area contributed by atoms with E-state index in [0.29, 0.717) is 31.9 Å². The number of rotatable bonds is 2. The Kier molecular flexibility index (Phi) is 3.70. The first-order valence-corrected chi connectivity index (χ1v) is 8.59. The van der Waals surface area contributed by atoms with Crippen molar-refractivity contribution in [3.63, 3.8) is 0 Å². The maximum Gasteiger partial charge on any atom is 0.282 e. The highest BCUT2D eigenvalue weighted by atomic mass is 32.2. The Bertz CT molecular complexity index is 594. The Hall–Kier alpha value is -1.11. The lowest BCUT2D eigenvalue weighted by molar-refractivity contribution is 0.295. The molecule has 0 spiro atoms. The maximum absolute atomic E-state index is 12.7. The Balaban J connectivity index is 1.82. The standard InChI is InChI=1S/C14H21N3O2S/c15-14-5-4-12-6-9-17(11-13(12)10-14)20(18,19)16-7-2-1-3-8-16/h4-5,10H,1-3,6-9,11,15H2. The second kappa shape index (κ2) is 5.35. The SMILES string of the molecule is Nc1ccc2c(c1)CN(S(=O)(=O)N1CCCCC1)CC2. The molecule has 1 aromatic carbocycles. The van der Waals surface area contributed by atoms with Gasteiger partial charge in [-0.2, -0.15) is 17.0 Å². The molecule has 6 heteroatoms. The van der Waals surface area contributed by atoms with E-state index in [-0.39, 0.29) is 0 Å². The summed E-state index contributed by atoms with van der Waals surface area (Å²) in [4.78, 5) is 0. The van der Waals surface area contributed by atoms with E-state index in [9.17, 15) is 8.42 Å². The van der Waals surface area contributed by atoms with Crippen molar-refractivity contribution in [2.45, 2.75) is 32.2 Å². The molecule has 0 aliphatic carbocycles. The lowest BCUT2D eigenvalue weighted by Gasteiger charge is -2.34.